The Morgan fingerprint density at radius 2 is 1.92 bits per heavy atom. The predicted octanol–water partition coefficient (Wildman–Crippen LogP) is 2.49. The van der Waals surface area contributed by atoms with Crippen LogP contribution in [0.5, 0.6) is 0 Å². The van der Waals surface area contributed by atoms with Crippen LogP contribution in [0.1, 0.15) is 33.5 Å². The second-order valence-corrected chi connectivity index (χ2v) is 5.99. The van der Waals surface area contributed by atoms with Crippen molar-refractivity contribution in [3.63, 3.8) is 0 Å². The van der Waals surface area contributed by atoms with Crippen molar-refractivity contribution in [2.75, 3.05) is 13.7 Å². The molecule has 128 valence electrons. The van der Waals surface area contributed by atoms with Crippen LogP contribution < -0.4 is 11.5 Å². The zero-order valence-corrected chi connectivity index (χ0v) is 14.2. The van der Waals surface area contributed by atoms with E-state index in [4.69, 9.17) is 16.2 Å². The maximum absolute atomic E-state index is 12.2. The van der Waals surface area contributed by atoms with Gasteiger partial charge in [0.2, 0.25) is 0 Å². The van der Waals surface area contributed by atoms with Gasteiger partial charge in [-0.2, -0.15) is 4.99 Å². The summed E-state index contributed by atoms with van der Waals surface area (Å²) in [5.74, 6) is -0.683. The predicted molar refractivity (Wildman–Crippen MR) is 99.2 cm³/mol. The first kappa shape index (κ1) is 16.9. The van der Waals surface area contributed by atoms with Crippen LogP contribution in [0.4, 0.5) is 0 Å². The highest BCUT2D eigenvalue weighted by molar-refractivity contribution is 6.02. The van der Waals surface area contributed by atoms with E-state index < -0.39 is 5.91 Å². The summed E-state index contributed by atoms with van der Waals surface area (Å²) >= 11 is 0. The molecule has 1 aliphatic carbocycles. The summed E-state index contributed by atoms with van der Waals surface area (Å²) in [5.41, 5.74) is 16.9. The number of guanidine groups is 1. The number of amides is 1. The highest BCUT2D eigenvalue weighted by Crippen LogP contribution is 2.36. The molecule has 0 spiro atoms. The Kier molecular flexibility index (Phi) is 4.95. The molecule has 0 fully saturated rings. The molecule has 2 aromatic rings. The van der Waals surface area contributed by atoms with Gasteiger partial charge in [-0.25, -0.2) is 0 Å². The average molecular weight is 335 g/mol. The molecule has 0 unspecified atom stereocenters. The van der Waals surface area contributed by atoms with Crippen molar-refractivity contribution in [2.24, 2.45) is 16.5 Å². The minimum atomic E-state index is -0.445. The number of hydrogen-bond donors (Lipinski definition) is 2. The van der Waals surface area contributed by atoms with Gasteiger partial charge in [0.1, 0.15) is 0 Å². The molecule has 5 heteroatoms. The Balaban J connectivity index is 2.12. The van der Waals surface area contributed by atoms with Crippen molar-refractivity contribution in [1.82, 2.24) is 0 Å². The number of ether oxygens (including phenoxy) is 1. The summed E-state index contributed by atoms with van der Waals surface area (Å²) in [6.45, 7) is 0.565. The molecule has 0 atom stereocenters. The fraction of sp³-hybridized carbons (Fsp3) is 0.200. The van der Waals surface area contributed by atoms with Gasteiger partial charge in [-0.1, -0.05) is 36.4 Å². The molecule has 0 radical (unpaired) electrons. The number of nitrogens with zero attached hydrogens (tertiary/aromatic N) is 1. The molecule has 0 saturated heterocycles. The summed E-state index contributed by atoms with van der Waals surface area (Å²) in [6, 6.07) is 15.7. The van der Waals surface area contributed by atoms with Crippen LogP contribution in [0.25, 0.3) is 5.57 Å². The van der Waals surface area contributed by atoms with E-state index in [2.05, 4.69) is 23.2 Å². The van der Waals surface area contributed by atoms with Gasteiger partial charge < -0.3 is 16.2 Å². The molecule has 0 bridgehead atoms. The second kappa shape index (κ2) is 7.32. The number of carbonyl (C=O) groups excluding carboxylic acids is 1. The van der Waals surface area contributed by atoms with Gasteiger partial charge >= 0.3 is 0 Å². The van der Waals surface area contributed by atoms with Gasteiger partial charge in [-0.15, -0.1) is 0 Å². The standard InChI is InChI=1S/C20H21N3O2/c1-25-12-16-10-9-13-5-2-3-8-17(13)18(16)14-6-4-7-15(11-14)19(24)23-20(21)22/h2-8,11H,9-10,12H2,1H3,(H4,21,22,23,24). The molecule has 0 heterocycles. The molecule has 1 aliphatic rings. The molecule has 5 nitrogen and oxygen atoms in total. The largest absolute Gasteiger partial charge is 0.380 e. The van der Waals surface area contributed by atoms with Gasteiger partial charge in [0.15, 0.2) is 5.96 Å². The number of carbonyl (C=O) groups is 1. The minimum absolute atomic E-state index is 0.238. The lowest BCUT2D eigenvalue weighted by atomic mass is 9.82. The number of aliphatic imine (C=N–C) groups is 1. The number of rotatable bonds is 4. The van der Waals surface area contributed by atoms with Crippen molar-refractivity contribution >= 4 is 17.4 Å². The van der Waals surface area contributed by atoms with Crippen molar-refractivity contribution in [3.05, 3.63) is 76.4 Å². The first-order valence-corrected chi connectivity index (χ1v) is 8.13. The Bertz CT molecular complexity index is 865. The van der Waals surface area contributed by atoms with Crippen LogP contribution in [-0.4, -0.2) is 25.6 Å². The Labute approximate surface area is 147 Å². The lowest BCUT2D eigenvalue weighted by molar-refractivity contribution is 0.100. The fourth-order valence-corrected chi connectivity index (χ4v) is 3.25. The van der Waals surface area contributed by atoms with E-state index in [1.165, 1.54) is 16.7 Å². The monoisotopic (exact) mass is 335 g/mol. The molecular weight excluding hydrogens is 314 g/mol. The number of hydrogen-bond acceptors (Lipinski definition) is 2. The second-order valence-electron chi connectivity index (χ2n) is 5.99. The molecule has 4 N–H and O–H groups in total. The Hall–Kier alpha value is -2.92. The molecule has 0 aromatic heterocycles. The van der Waals surface area contributed by atoms with Crippen LogP contribution in [0.2, 0.25) is 0 Å². The highest BCUT2D eigenvalue weighted by Gasteiger charge is 2.20. The van der Waals surface area contributed by atoms with E-state index in [9.17, 15) is 4.79 Å². The van der Waals surface area contributed by atoms with Crippen LogP contribution in [-0.2, 0) is 11.2 Å². The van der Waals surface area contributed by atoms with E-state index >= 15 is 0 Å². The molecule has 0 aliphatic heterocycles. The maximum atomic E-state index is 12.2. The Morgan fingerprint density at radius 1 is 1.12 bits per heavy atom. The number of fused-ring (bicyclic) bond motifs is 1. The van der Waals surface area contributed by atoms with E-state index in [1.54, 1.807) is 13.2 Å². The molecular formula is C20H21N3O2. The van der Waals surface area contributed by atoms with E-state index in [-0.39, 0.29) is 5.96 Å². The summed E-state index contributed by atoms with van der Waals surface area (Å²) < 4.78 is 5.40. The quantitative estimate of drug-likeness (QED) is 0.663. The molecule has 3 rings (SSSR count). The van der Waals surface area contributed by atoms with Crippen molar-refractivity contribution in [2.45, 2.75) is 12.8 Å². The lowest BCUT2D eigenvalue weighted by Crippen LogP contribution is -2.24. The van der Waals surface area contributed by atoms with E-state index in [0.717, 1.165) is 24.0 Å². The maximum Gasteiger partial charge on any atom is 0.280 e. The third-order valence-electron chi connectivity index (χ3n) is 4.28. The zero-order chi connectivity index (χ0) is 17.8. The number of benzene rings is 2. The van der Waals surface area contributed by atoms with Gasteiger partial charge in [0.05, 0.1) is 6.61 Å². The summed E-state index contributed by atoms with van der Waals surface area (Å²) in [5, 5.41) is 0. The first-order valence-electron chi connectivity index (χ1n) is 8.13. The highest BCUT2D eigenvalue weighted by atomic mass is 16.5. The summed E-state index contributed by atoms with van der Waals surface area (Å²) in [7, 11) is 1.70. The molecule has 1 amide bonds. The fourth-order valence-electron chi connectivity index (χ4n) is 3.25. The Morgan fingerprint density at radius 3 is 2.68 bits per heavy atom. The number of aryl methyl sites for hydroxylation is 1. The zero-order valence-electron chi connectivity index (χ0n) is 14.2. The van der Waals surface area contributed by atoms with Gasteiger partial charge in [0, 0.05) is 12.7 Å². The van der Waals surface area contributed by atoms with Crippen molar-refractivity contribution in [3.8, 4) is 0 Å². The van der Waals surface area contributed by atoms with E-state index in [0.29, 0.717) is 12.2 Å². The normalized spacial score (nSPS) is 13.3. The molecule has 0 saturated carbocycles. The summed E-state index contributed by atoms with van der Waals surface area (Å²) in [6.07, 6.45) is 1.93. The third-order valence-corrected chi connectivity index (χ3v) is 4.28. The third kappa shape index (κ3) is 3.61. The molecule has 25 heavy (non-hydrogen) atoms. The van der Waals surface area contributed by atoms with Crippen LogP contribution in [0.15, 0.2) is 59.1 Å². The van der Waals surface area contributed by atoms with Gasteiger partial charge in [-0.05, 0) is 52.8 Å². The topological polar surface area (TPSA) is 90.7 Å². The SMILES string of the molecule is COCC1=C(c2cccc(C(=O)N=C(N)N)c2)c2ccccc2CC1. The first-order chi connectivity index (χ1) is 12.1. The molecule has 2 aromatic carbocycles. The average Bonchev–Trinajstić information content (AvgIpc) is 2.61. The van der Waals surface area contributed by atoms with Gasteiger partial charge in [-0.3, -0.25) is 4.79 Å². The minimum Gasteiger partial charge on any atom is -0.380 e. The van der Waals surface area contributed by atoms with Crippen LogP contribution in [0.3, 0.4) is 0 Å². The van der Waals surface area contributed by atoms with Gasteiger partial charge in [0.25, 0.3) is 5.91 Å². The lowest BCUT2D eigenvalue weighted by Gasteiger charge is -2.24. The number of nitrogens with two attached hydrogens (primary N) is 2. The van der Waals surface area contributed by atoms with Crippen LogP contribution in [0, 0.1) is 0 Å². The smallest absolute Gasteiger partial charge is 0.280 e. The number of methoxy groups -OCH3 is 1. The van der Waals surface area contributed by atoms with Crippen molar-refractivity contribution in [1.29, 1.82) is 0 Å². The van der Waals surface area contributed by atoms with Crippen molar-refractivity contribution < 1.29 is 9.53 Å². The van der Waals surface area contributed by atoms with Crippen LogP contribution >= 0.6 is 0 Å². The summed E-state index contributed by atoms with van der Waals surface area (Å²) in [4.78, 5) is 15.8. The van der Waals surface area contributed by atoms with E-state index in [1.807, 2.05) is 24.3 Å².